The maximum Gasteiger partial charge on any atom is 0.139 e. The molecule has 2 heterocycles. The smallest absolute Gasteiger partial charge is 0.139 e. The van der Waals surface area contributed by atoms with Crippen LogP contribution in [0.5, 0.6) is 0 Å². The van der Waals surface area contributed by atoms with Gasteiger partial charge in [-0.1, -0.05) is 63.4 Å². The molecule has 1 aromatic carbocycles. The Hall–Kier alpha value is -2.29. The molecular formula is C22H27N3. The Kier molecular flexibility index (Phi) is 4.48. The number of imidazole rings is 1. The molecule has 1 aliphatic rings. The van der Waals surface area contributed by atoms with E-state index in [4.69, 9.17) is 4.98 Å². The third-order valence-electron chi connectivity index (χ3n) is 5.33. The highest BCUT2D eigenvalue weighted by atomic mass is 15.1. The minimum Gasteiger partial charge on any atom is -0.367 e. The topological polar surface area (TPSA) is 29.3 Å². The fourth-order valence-corrected chi connectivity index (χ4v) is 3.80. The zero-order chi connectivity index (χ0) is 17.2. The van der Waals surface area contributed by atoms with E-state index in [-0.39, 0.29) is 0 Å². The number of pyridine rings is 1. The minimum absolute atomic E-state index is 0.551. The van der Waals surface area contributed by atoms with Crippen LogP contribution in [0.2, 0.25) is 0 Å². The number of nitrogens with one attached hydrogen (secondary N) is 1. The highest BCUT2D eigenvalue weighted by Gasteiger charge is 2.19. The molecule has 1 fully saturated rings. The molecule has 1 N–H and O–H groups in total. The van der Waals surface area contributed by atoms with Gasteiger partial charge in [-0.25, -0.2) is 4.98 Å². The standard InChI is InChI=1S/C22H27N3/c1-16(2)17-11-13-18(14-12-17)21-22(23-19-8-4-3-5-9-19)25-15-7-6-10-20(25)24-21/h6-7,10-16,19,23H,3-5,8-9H2,1-2H3. The summed E-state index contributed by atoms with van der Waals surface area (Å²) < 4.78 is 2.19. The SMILES string of the molecule is CC(C)c1ccc(-c2nc3ccccn3c2NC2CCCCC2)cc1. The van der Waals surface area contributed by atoms with E-state index in [0.29, 0.717) is 12.0 Å². The predicted octanol–water partition coefficient (Wildman–Crippen LogP) is 5.87. The Labute approximate surface area is 150 Å². The molecule has 25 heavy (non-hydrogen) atoms. The summed E-state index contributed by atoms with van der Waals surface area (Å²) in [5.74, 6) is 1.69. The van der Waals surface area contributed by atoms with E-state index in [1.165, 1.54) is 43.2 Å². The summed E-state index contributed by atoms with van der Waals surface area (Å²) in [6.45, 7) is 4.46. The van der Waals surface area contributed by atoms with E-state index in [1.807, 2.05) is 0 Å². The molecule has 130 valence electrons. The van der Waals surface area contributed by atoms with Crippen LogP contribution in [0.4, 0.5) is 5.82 Å². The zero-order valence-corrected chi connectivity index (χ0v) is 15.2. The van der Waals surface area contributed by atoms with Gasteiger partial charge >= 0.3 is 0 Å². The van der Waals surface area contributed by atoms with Crippen molar-refractivity contribution < 1.29 is 0 Å². The van der Waals surface area contributed by atoms with Gasteiger partial charge < -0.3 is 5.32 Å². The fraction of sp³-hybridized carbons (Fsp3) is 0.409. The molecule has 1 aliphatic carbocycles. The van der Waals surface area contributed by atoms with Crippen molar-refractivity contribution in [3.63, 3.8) is 0 Å². The van der Waals surface area contributed by atoms with Crippen LogP contribution in [-0.2, 0) is 0 Å². The number of hydrogen-bond donors (Lipinski definition) is 1. The highest BCUT2D eigenvalue weighted by Crippen LogP contribution is 2.32. The number of rotatable bonds is 4. The average molecular weight is 333 g/mol. The Morgan fingerprint density at radius 2 is 1.76 bits per heavy atom. The Morgan fingerprint density at radius 1 is 1.00 bits per heavy atom. The third-order valence-corrected chi connectivity index (χ3v) is 5.33. The molecule has 0 bridgehead atoms. The van der Waals surface area contributed by atoms with Gasteiger partial charge in [0.05, 0.1) is 0 Å². The molecule has 3 aromatic rings. The maximum absolute atomic E-state index is 4.92. The first-order valence-corrected chi connectivity index (χ1v) is 9.56. The van der Waals surface area contributed by atoms with Gasteiger partial charge in [-0.15, -0.1) is 0 Å². The molecule has 1 saturated carbocycles. The highest BCUT2D eigenvalue weighted by molar-refractivity contribution is 5.76. The van der Waals surface area contributed by atoms with Crippen molar-refractivity contribution >= 4 is 11.5 Å². The lowest BCUT2D eigenvalue weighted by Gasteiger charge is -2.24. The van der Waals surface area contributed by atoms with E-state index < -0.39 is 0 Å². The first-order valence-electron chi connectivity index (χ1n) is 9.56. The number of aromatic nitrogens is 2. The van der Waals surface area contributed by atoms with Gasteiger partial charge in [-0.2, -0.15) is 0 Å². The van der Waals surface area contributed by atoms with Crippen LogP contribution in [0.1, 0.15) is 57.4 Å². The zero-order valence-electron chi connectivity index (χ0n) is 15.2. The van der Waals surface area contributed by atoms with E-state index in [9.17, 15) is 0 Å². The van der Waals surface area contributed by atoms with Gasteiger partial charge in [0.15, 0.2) is 0 Å². The van der Waals surface area contributed by atoms with Crippen LogP contribution in [0, 0.1) is 0 Å². The van der Waals surface area contributed by atoms with E-state index in [2.05, 4.69) is 72.2 Å². The normalized spacial score (nSPS) is 15.8. The second kappa shape index (κ2) is 6.91. The van der Waals surface area contributed by atoms with Gasteiger partial charge in [0.25, 0.3) is 0 Å². The number of anilines is 1. The lowest BCUT2D eigenvalue weighted by molar-refractivity contribution is 0.462. The number of fused-ring (bicyclic) bond motifs is 1. The summed E-state index contributed by atoms with van der Waals surface area (Å²) in [5.41, 5.74) is 4.62. The fourth-order valence-electron chi connectivity index (χ4n) is 3.80. The van der Waals surface area contributed by atoms with E-state index in [1.54, 1.807) is 0 Å². The second-order valence-corrected chi connectivity index (χ2v) is 7.49. The second-order valence-electron chi connectivity index (χ2n) is 7.49. The summed E-state index contributed by atoms with van der Waals surface area (Å²) in [7, 11) is 0. The lowest BCUT2D eigenvalue weighted by Crippen LogP contribution is -2.23. The summed E-state index contributed by atoms with van der Waals surface area (Å²) in [5, 5.41) is 3.81. The quantitative estimate of drug-likeness (QED) is 0.647. The Bertz CT molecular complexity index is 839. The molecule has 0 unspecified atom stereocenters. The van der Waals surface area contributed by atoms with E-state index >= 15 is 0 Å². The van der Waals surface area contributed by atoms with Gasteiger partial charge in [0.2, 0.25) is 0 Å². The summed E-state index contributed by atoms with van der Waals surface area (Å²) in [4.78, 5) is 4.92. The average Bonchev–Trinajstić information content (AvgIpc) is 3.01. The van der Waals surface area contributed by atoms with Gasteiger partial charge in [-0.05, 0) is 36.5 Å². The molecule has 2 aromatic heterocycles. The number of benzene rings is 1. The van der Waals surface area contributed by atoms with Crippen molar-refractivity contribution in [2.24, 2.45) is 0 Å². The first kappa shape index (κ1) is 16.2. The summed E-state index contributed by atoms with van der Waals surface area (Å²) in [6, 6.07) is 15.7. The van der Waals surface area contributed by atoms with Gasteiger partial charge in [0, 0.05) is 17.8 Å². The Balaban J connectivity index is 1.75. The molecule has 3 heteroatoms. The number of hydrogen-bond acceptors (Lipinski definition) is 2. The molecule has 0 atom stereocenters. The van der Waals surface area contributed by atoms with Crippen molar-refractivity contribution in [1.82, 2.24) is 9.38 Å². The molecule has 3 nitrogen and oxygen atoms in total. The van der Waals surface area contributed by atoms with Crippen molar-refractivity contribution in [2.45, 2.75) is 57.9 Å². The summed E-state index contributed by atoms with van der Waals surface area (Å²) >= 11 is 0. The summed E-state index contributed by atoms with van der Waals surface area (Å²) in [6.07, 6.45) is 8.64. The first-order chi connectivity index (χ1) is 12.2. The van der Waals surface area contributed by atoms with Crippen LogP contribution < -0.4 is 5.32 Å². The predicted molar refractivity (Wildman–Crippen MR) is 105 cm³/mol. The largest absolute Gasteiger partial charge is 0.367 e. The van der Waals surface area contributed by atoms with Crippen LogP contribution in [0.3, 0.4) is 0 Å². The maximum atomic E-state index is 4.92. The van der Waals surface area contributed by atoms with Gasteiger partial charge in [-0.3, -0.25) is 4.40 Å². The van der Waals surface area contributed by atoms with Crippen LogP contribution in [0.25, 0.3) is 16.9 Å². The molecule has 4 rings (SSSR count). The molecular weight excluding hydrogens is 306 g/mol. The monoisotopic (exact) mass is 333 g/mol. The van der Waals surface area contributed by atoms with Gasteiger partial charge in [0.1, 0.15) is 17.2 Å². The lowest BCUT2D eigenvalue weighted by atomic mass is 9.95. The van der Waals surface area contributed by atoms with Crippen molar-refractivity contribution in [3.8, 4) is 11.3 Å². The van der Waals surface area contributed by atoms with E-state index in [0.717, 1.165) is 17.2 Å². The molecule has 0 saturated heterocycles. The van der Waals surface area contributed by atoms with Crippen molar-refractivity contribution in [1.29, 1.82) is 0 Å². The van der Waals surface area contributed by atoms with Crippen LogP contribution in [-0.4, -0.2) is 15.4 Å². The van der Waals surface area contributed by atoms with Crippen molar-refractivity contribution in [3.05, 3.63) is 54.2 Å². The molecule has 0 amide bonds. The van der Waals surface area contributed by atoms with Crippen molar-refractivity contribution in [2.75, 3.05) is 5.32 Å². The van der Waals surface area contributed by atoms with Crippen LogP contribution >= 0.6 is 0 Å². The number of nitrogens with zero attached hydrogens (tertiary/aromatic N) is 2. The molecule has 0 spiro atoms. The van der Waals surface area contributed by atoms with Crippen LogP contribution in [0.15, 0.2) is 48.7 Å². The Morgan fingerprint density at radius 3 is 2.48 bits per heavy atom. The molecule has 0 aliphatic heterocycles. The minimum atomic E-state index is 0.551. The molecule has 0 radical (unpaired) electrons. The third kappa shape index (κ3) is 3.28.